The van der Waals surface area contributed by atoms with Crippen LogP contribution in [0.1, 0.15) is 26.3 Å². The number of carbonyl (C=O) groups is 2. The Kier molecular flexibility index (Phi) is 3.95. The molecule has 2 unspecified atom stereocenters. The van der Waals surface area contributed by atoms with E-state index in [2.05, 4.69) is 0 Å². The first-order chi connectivity index (χ1) is 15.6. The molecule has 0 fully saturated rings. The molecule has 0 saturated carbocycles. The summed E-state index contributed by atoms with van der Waals surface area (Å²) in [5.74, 6) is -11.3. The zero-order valence-corrected chi connectivity index (χ0v) is 16.3. The molecule has 3 aromatic carbocycles. The number of ketones is 1. The maximum absolute atomic E-state index is 13.4. The van der Waals surface area contributed by atoms with Crippen molar-refractivity contribution < 1.29 is 54.4 Å². The summed E-state index contributed by atoms with van der Waals surface area (Å²) < 4.78 is 17.3. The highest BCUT2D eigenvalue weighted by Gasteiger charge is 2.70. The SMILES string of the molecule is O=C(O)c1ccc2c(c1)OC1(c3ccc(O)c(O)c3)Oc3cc(O)cc(O)c3C(=O)C1(O)O2. The number of carboxylic acids is 1. The number of rotatable bonds is 2. The van der Waals surface area contributed by atoms with E-state index in [4.69, 9.17) is 14.2 Å². The monoisotopic (exact) mass is 454 g/mol. The fourth-order valence-corrected chi connectivity index (χ4v) is 3.80. The van der Waals surface area contributed by atoms with Gasteiger partial charge < -0.3 is 44.8 Å². The number of fused-ring (bicyclic) bond motifs is 3. The van der Waals surface area contributed by atoms with Crippen LogP contribution in [0.25, 0.3) is 0 Å². The molecule has 11 heteroatoms. The molecule has 3 aromatic rings. The molecular weight excluding hydrogens is 440 g/mol. The van der Waals surface area contributed by atoms with Crippen molar-refractivity contribution >= 4 is 11.8 Å². The number of benzene rings is 3. The Morgan fingerprint density at radius 3 is 2.18 bits per heavy atom. The van der Waals surface area contributed by atoms with Gasteiger partial charge in [-0.3, -0.25) is 4.79 Å². The fourth-order valence-electron chi connectivity index (χ4n) is 3.80. The smallest absolute Gasteiger partial charge is 0.357 e. The molecule has 2 atom stereocenters. The molecule has 0 saturated heterocycles. The summed E-state index contributed by atoms with van der Waals surface area (Å²) in [7, 11) is 0. The number of phenolic OH excluding ortho intramolecular Hbond substituents is 4. The first kappa shape index (κ1) is 20.3. The Hall–Kier alpha value is -4.64. The van der Waals surface area contributed by atoms with Crippen LogP contribution in [0, 0.1) is 0 Å². The van der Waals surface area contributed by atoms with Crippen LogP contribution < -0.4 is 14.2 Å². The predicted octanol–water partition coefficient (Wildman–Crippen LogP) is 1.80. The summed E-state index contributed by atoms with van der Waals surface area (Å²) in [4.78, 5) is 24.8. The van der Waals surface area contributed by atoms with E-state index < -0.39 is 57.6 Å². The van der Waals surface area contributed by atoms with Gasteiger partial charge in [-0.2, -0.15) is 0 Å². The van der Waals surface area contributed by atoms with Crippen LogP contribution in [0.4, 0.5) is 0 Å². The summed E-state index contributed by atoms with van der Waals surface area (Å²) in [6.45, 7) is 0. The average Bonchev–Trinajstić information content (AvgIpc) is 2.74. The maximum atomic E-state index is 13.4. The molecule has 0 aliphatic carbocycles. The molecular formula is C22H14O11. The standard InChI is InChI=1S/C22H14O11/c23-11-7-14(26)18-17(8-11)33-22(10-2-3-12(24)13(25)6-10)21(30,19(18)27)31-15-4-1-9(20(28)29)5-16(15)32-22/h1-8,23-26,30H,(H,28,29). The van der Waals surface area contributed by atoms with E-state index in [0.717, 1.165) is 48.5 Å². The third-order valence-corrected chi connectivity index (χ3v) is 5.36. The van der Waals surface area contributed by atoms with Gasteiger partial charge in [0.2, 0.25) is 0 Å². The van der Waals surface area contributed by atoms with Gasteiger partial charge in [0, 0.05) is 17.7 Å². The van der Waals surface area contributed by atoms with Crippen molar-refractivity contribution in [1.82, 2.24) is 0 Å². The Morgan fingerprint density at radius 1 is 0.758 bits per heavy atom. The van der Waals surface area contributed by atoms with Crippen LogP contribution in [0.2, 0.25) is 0 Å². The second-order valence-electron chi connectivity index (χ2n) is 7.40. The quantitative estimate of drug-likeness (QED) is 0.310. The molecule has 0 aromatic heterocycles. The number of aromatic hydroxyl groups is 4. The average molecular weight is 454 g/mol. The van der Waals surface area contributed by atoms with E-state index in [1.54, 1.807) is 0 Å². The first-order valence-electron chi connectivity index (χ1n) is 9.36. The number of carboxylic acid groups (broad SMARTS) is 1. The van der Waals surface area contributed by atoms with Gasteiger partial charge in [-0.25, -0.2) is 4.79 Å². The second kappa shape index (κ2) is 6.43. The normalized spacial score (nSPS) is 22.6. The molecule has 0 amide bonds. The Balaban J connectivity index is 1.81. The minimum atomic E-state index is -2.99. The van der Waals surface area contributed by atoms with Gasteiger partial charge in [0.1, 0.15) is 22.8 Å². The van der Waals surface area contributed by atoms with Gasteiger partial charge in [-0.1, -0.05) is 0 Å². The van der Waals surface area contributed by atoms with E-state index in [1.165, 1.54) is 0 Å². The van der Waals surface area contributed by atoms with Crippen LogP contribution in [0.3, 0.4) is 0 Å². The van der Waals surface area contributed by atoms with Gasteiger partial charge in [-0.15, -0.1) is 0 Å². The van der Waals surface area contributed by atoms with Gasteiger partial charge in [-0.05, 0) is 36.4 Å². The number of hydrogen-bond acceptors (Lipinski definition) is 10. The van der Waals surface area contributed by atoms with Crippen molar-refractivity contribution in [1.29, 1.82) is 0 Å². The molecule has 0 spiro atoms. The molecule has 6 N–H and O–H groups in total. The number of ether oxygens (including phenoxy) is 3. The molecule has 168 valence electrons. The van der Waals surface area contributed by atoms with Crippen molar-refractivity contribution in [3.8, 4) is 40.2 Å². The summed E-state index contributed by atoms with van der Waals surface area (Å²) >= 11 is 0. The van der Waals surface area contributed by atoms with E-state index >= 15 is 0 Å². The first-order valence-corrected chi connectivity index (χ1v) is 9.36. The fraction of sp³-hybridized carbons (Fsp3) is 0.0909. The third-order valence-electron chi connectivity index (χ3n) is 5.36. The molecule has 11 nitrogen and oxygen atoms in total. The van der Waals surface area contributed by atoms with E-state index in [-0.39, 0.29) is 22.6 Å². The van der Waals surface area contributed by atoms with E-state index in [1.807, 2.05) is 0 Å². The lowest BCUT2D eigenvalue weighted by Crippen LogP contribution is -2.70. The minimum Gasteiger partial charge on any atom is -0.508 e. The second-order valence-corrected chi connectivity index (χ2v) is 7.40. The molecule has 0 radical (unpaired) electrons. The van der Waals surface area contributed by atoms with Crippen LogP contribution in [0.15, 0.2) is 48.5 Å². The highest BCUT2D eigenvalue weighted by molar-refractivity contribution is 6.08. The summed E-state index contributed by atoms with van der Waals surface area (Å²) in [5, 5.41) is 60.7. The largest absolute Gasteiger partial charge is 0.508 e. The van der Waals surface area contributed by atoms with Crippen molar-refractivity contribution in [3.05, 3.63) is 65.2 Å². The molecule has 0 bridgehead atoms. The molecule has 5 rings (SSSR count). The lowest BCUT2D eigenvalue weighted by atomic mass is 9.85. The van der Waals surface area contributed by atoms with Crippen molar-refractivity contribution in [2.24, 2.45) is 0 Å². The van der Waals surface area contributed by atoms with E-state index in [0.29, 0.717) is 0 Å². The van der Waals surface area contributed by atoms with Crippen LogP contribution in [-0.4, -0.2) is 48.2 Å². The Bertz CT molecular complexity index is 1360. The number of phenols is 4. The van der Waals surface area contributed by atoms with Gasteiger partial charge in [0.05, 0.1) is 5.56 Å². The number of hydrogen-bond donors (Lipinski definition) is 6. The topological polar surface area (TPSA) is 183 Å². The van der Waals surface area contributed by atoms with Gasteiger partial charge >= 0.3 is 17.5 Å². The number of aliphatic hydroxyl groups is 1. The summed E-state index contributed by atoms with van der Waals surface area (Å²) in [5.41, 5.74) is -0.930. The van der Waals surface area contributed by atoms with Crippen LogP contribution >= 0.6 is 0 Å². The zero-order valence-electron chi connectivity index (χ0n) is 16.3. The van der Waals surface area contributed by atoms with Crippen LogP contribution in [-0.2, 0) is 5.79 Å². The highest BCUT2D eigenvalue weighted by atomic mass is 16.8. The zero-order chi connectivity index (χ0) is 23.7. The van der Waals surface area contributed by atoms with Gasteiger partial charge in [0.15, 0.2) is 23.0 Å². The van der Waals surface area contributed by atoms with Crippen molar-refractivity contribution in [2.45, 2.75) is 11.6 Å². The predicted molar refractivity (Wildman–Crippen MR) is 106 cm³/mol. The number of carbonyl (C=O) groups excluding carboxylic acids is 1. The van der Waals surface area contributed by atoms with E-state index in [9.17, 15) is 40.2 Å². The Morgan fingerprint density at radius 2 is 1.48 bits per heavy atom. The maximum Gasteiger partial charge on any atom is 0.357 e. The molecule has 2 aliphatic rings. The van der Waals surface area contributed by atoms with Crippen molar-refractivity contribution in [2.75, 3.05) is 0 Å². The minimum absolute atomic E-state index is 0.204. The number of aromatic carboxylic acids is 1. The lowest BCUT2D eigenvalue weighted by Gasteiger charge is -2.49. The molecule has 2 aliphatic heterocycles. The summed E-state index contributed by atoms with van der Waals surface area (Å²) in [6, 6.07) is 8.38. The summed E-state index contributed by atoms with van der Waals surface area (Å²) in [6.07, 6.45) is 0. The van der Waals surface area contributed by atoms with Crippen molar-refractivity contribution in [3.63, 3.8) is 0 Å². The van der Waals surface area contributed by atoms with Crippen LogP contribution in [0.5, 0.6) is 40.2 Å². The lowest BCUT2D eigenvalue weighted by molar-refractivity contribution is -0.316. The number of Topliss-reactive ketones (excluding diaryl/α,β-unsaturated/α-hetero) is 1. The highest BCUT2D eigenvalue weighted by Crippen LogP contribution is 2.55. The van der Waals surface area contributed by atoms with Gasteiger partial charge in [0.25, 0.3) is 5.78 Å². The Labute approximate surface area is 183 Å². The molecule has 33 heavy (non-hydrogen) atoms. The molecule has 2 heterocycles. The third kappa shape index (κ3) is 2.66.